The van der Waals surface area contributed by atoms with Crippen molar-refractivity contribution in [3.05, 3.63) is 0 Å². The molecule has 284 valence electrons. The third kappa shape index (κ3) is 21.0. The lowest BCUT2D eigenvalue weighted by molar-refractivity contribution is -0.272. The molecule has 1 fully saturated rings. The van der Waals surface area contributed by atoms with E-state index < -0.39 is 43.2 Å². The minimum Gasteiger partial charge on any atom is -0.394 e. The largest absolute Gasteiger partial charge is 0.394 e. The van der Waals surface area contributed by atoms with Gasteiger partial charge in [-0.15, -0.1) is 0 Å². The van der Waals surface area contributed by atoms with Crippen molar-refractivity contribution in [1.82, 2.24) is 25.8 Å². The molecular formula is C31H66N8O8S. The van der Waals surface area contributed by atoms with Gasteiger partial charge in [0.2, 0.25) is 5.91 Å². The first-order valence-electron chi connectivity index (χ1n) is 17.5. The summed E-state index contributed by atoms with van der Waals surface area (Å²) < 4.78 is 22.2. The zero-order valence-corrected chi connectivity index (χ0v) is 29.9. The zero-order valence-electron chi connectivity index (χ0n) is 29.1. The summed E-state index contributed by atoms with van der Waals surface area (Å²) in [4.78, 5) is 16.5. The number of ether oxygens (including phenoxy) is 4. The van der Waals surface area contributed by atoms with E-state index in [0.717, 1.165) is 97.4 Å². The normalized spacial score (nSPS) is 21.1. The van der Waals surface area contributed by atoms with E-state index in [-0.39, 0.29) is 13.2 Å². The Labute approximate surface area is 292 Å². The molecule has 0 aromatic heterocycles. The Morgan fingerprint density at radius 1 is 0.750 bits per heavy atom. The van der Waals surface area contributed by atoms with Gasteiger partial charge in [0.1, 0.15) is 24.4 Å². The molecule has 0 spiro atoms. The molecule has 16 nitrogen and oxygen atoms in total. The number of unbranched alkanes of at least 4 members (excludes halogenated alkanes) is 1. The van der Waals surface area contributed by atoms with Crippen LogP contribution < -0.4 is 33.2 Å². The third-order valence-electron chi connectivity index (χ3n) is 7.84. The molecule has 1 amide bonds. The van der Waals surface area contributed by atoms with Crippen LogP contribution in [0.2, 0.25) is 0 Å². The van der Waals surface area contributed by atoms with Crippen LogP contribution in [0.15, 0.2) is 0 Å². The highest BCUT2D eigenvalue weighted by molar-refractivity contribution is 7.80. The van der Waals surface area contributed by atoms with Gasteiger partial charge in [-0.25, -0.2) is 0 Å². The fraction of sp³-hybridized carbons (Fsp3) is 0.935. The average molecular weight is 711 g/mol. The summed E-state index contributed by atoms with van der Waals surface area (Å²) in [5.74, 6) is -0.413. The fourth-order valence-electron chi connectivity index (χ4n) is 5.25. The van der Waals surface area contributed by atoms with Gasteiger partial charge in [-0.3, -0.25) is 4.79 Å². The second kappa shape index (κ2) is 29.4. The number of hydrogen-bond donors (Lipinski definition) is 9. The number of aliphatic hydroxyl groups excluding tert-OH is 3. The average Bonchev–Trinajstić information content (AvgIpc) is 3.07. The molecule has 0 aliphatic carbocycles. The summed E-state index contributed by atoms with van der Waals surface area (Å²) in [5.41, 5.74) is 17.2. The maximum absolute atomic E-state index is 11.5. The predicted octanol–water partition coefficient (Wildman–Crippen LogP) is -2.74. The lowest BCUT2D eigenvalue weighted by atomic mass is 9.97. The van der Waals surface area contributed by atoms with E-state index >= 15 is 0 Å². The SMILES string of the molecule is CC(=O)NC1C(OCCOCCOCCNC(=S)NCCCN(CCCN)CCCCN(CCCN)CCCN)OC(CO)C(O)C1O. The van der Waals surface area contributed by atoms with Crippen LogP contribution in [0.25, 0.3) is 0 Å². The number of nitrogens with zero attached hydrogens (tertiary/aromatic N) is 2. The van der Waals surface area contributed by atoms with Crippen LogP contribution in [-0.2, 0) is 23.7 Å². The zero-order chi connectivity index (χ0) is 35.4. The maximum atomic E-state index is 11.5. The lowest BCUT2D eigenvalue weighted by Crippen LogP contribution is -2.64. The summed E-state index contributed by atoms with van der Waals surface area (Å²) in [6.07, 6.45) is 1.53. The van der Waals surface area contributed by atoms with E-state index in [1.165, 1.54) is 6.92 Å². The van der Waals surface area contributed by atoms with Crippen molar-refractivity contribution in [1.29, 1.82) is 0 Å². The van der Waals surface area contributed by atoms with E-state index in [9.17, 15) is 20.1 Å². The van der Waals surface area contributed by atoms with Gasteiger partial charge in [0, 0.05) is 20.0 Å². The molecule has 17 heteroatoms. The number of nitrogens with one attached hydrogen (secondary N) is 3. The van der Waals surface area contributed by atoms with Crippen molar-refractivity contribution in [2.75, 3.05) is 112 Å². The predicted molar refractivity (Wildman–Crippen MR) is 189 cm³/mol. The molecule has 0 bridgehead atoms. The lowest BCUT2D eigenvalue weighted by Gasteiger charge is -2.42. The van der Waals surface area contributed by atoms with E-state index in [1.54, 1.807) is 0 Å². The Morgan fingerprint density at radius 3 is 1.79 bits per heavy atom. The number of nitrogens with two attached hydrogens (primary N) is 3. The third-order valence-corrected chi connectivity index (χ3v) is 8.12. The minimum absolute atomic E-state index is 0.109. The van der Waals surface area contributed by atoms with Crippen molar-refractivity contribution in [2.24, 2.45) is 17.2 Å². The molecule has 48 heavy (non-hydrogen) atoms. The van der Waals surface area contributed by atoms with Crippen molar-refractivity contribution in [3.8, 4) is 0 Å². The number of rotatable bonds is 30. The number of hydrogen-bond acceptors (Lipinski definition) is 14. The molecule has 0 saturated carbocycles. The van der Waals surface area contributed by atoms with Crippen molar-refractivity contribution >= 4 is 23.2 Å². The molecule has 5 unspecified atom stereocenters. The van der Waals surface area contributed by atoms with Gasteiger partial charge < -0.3 is 77.2 Å². The highest BCUT2D eigenvalue weighted by Gasteiger charge is 2.45. The Kier molecular flexibility index (Phi) is 27.4. The van der Waals surface area contributed by atoms with Crippen LogP contribution >= 0.6 is 12.2 Å². The Hall–Kier alpha value is -1.32. The van der Waals surface area contributed by atoms with Gasteiger partial charge >= 0.3 is 0 Å². The minimum atomic E-state index is -1.36. The van der Waals surface area contributed by atoms with Gasteiger partial charge in [0.15, 0.2) is 11.4 Å². The molecule has 0 aromatic carbocycles. The summed E-state index contributed by atoms with van der Waals surface area (Å²) in [5, 5.41) is 39.3. The summed E-state index contributed by atoms with van der Waals surface area (Å²) >= 11 is 5.39. The highest BCUT2D eigenvalue weighted by Crippen LogP contribution is 2.22. The second-order valence-electron chi connectivity index (χ2n) is 11.9. The van der Waals surface area contributed by atoms with Gasteiger partial charge in [-0.05, 0) is 110 Å². The number of carbonyl (C=O) groups is 1. The topological polar surface area (TPSA) is 235 Å². The van der Waals surface area contributed by atoms with Crippen LogP contribution in [0.5, 0.6) is 0 Å². The van der Waals surface area contributed by atoms with Crippen LogP contribution in [0.3, 0.4) is 0 Å². The van der Waals surface area contributed by atoms with E-state index in [0.29, 0.717) is 38.0 Å². The van der Waals surface area contributed by atoms with E-state index in [1.807, 2.05) is 0 Å². The molecule has 1 saturated heterocycles. The first-order valence-corrected chi connectivity index (χ1v) is 17.9. The number of amides is 1. The molecule has 0 radical (unpaired) electrons. The molecule has 1 rings (SSSR count). The molecule has 1 heterocycles. The summed E-state index contributed by atoms with van der Waals surface area (Å²) in [6, 6.07) is -0.983. The first-order chi connectivity index (χ1) is 23.3. The van der Waals surface area contributed by atoms with E-state index in [2.05, 4.69) is 25.8 Å². The molecule has 0 aromatic rings. The Bertz CT molecular complexity index is 804. The molecule has 1 aliphatic rings. The number of carbonyl (C=O) groups excluding carboxylic acids is 1. The fourth-order valence-corrected chi connectivity index (χ4v) is 5.45. The number of thiocarbonyl (C=S) groups is 1. The van der Waals surface area contributed by atoms with Gasteiger partial charge in [0.25, 0.3) is 0 Å². The summed E-state index contributed by atoms with van der Waals surface area (Å²) in [7, 11) is 0. The molecule has 12 N–H and O–H groups in total. The van der Waals surface area contributed by atoms with Crippen LogP contribution in [0.4, 0.5) is 0 Å². The Morgan fingerprint density at radius 2 is 1.25 bits per heavy atom. The van der Waals surface area contributed by atoms with Crippen LogP contribution in [0.1, 0.15) is 45.4 Å². The number of aliphatic hydroxyl groups is 3. The van der Waals surface area contributed by atoms with Crippen molar-refractivity contribution in [3.63, 3.8) is 0 Å². The van der Waals surface area contributed by atoms with Gasteiger partial charge in [0.05, 0.1) is 39.6 Å². The van der Waals surface area contributed by atoms with Crippen LogP contribution in [-0.4, -0.2) is 178 Å². The molecule has 5 atom stereocenters. The second-order valence-corrected chi connectivity index (χ2v) is 12.3. The Balaban J connectivity index is 2.12. The monoisotopic (exact) mass is 710 g/mol. The van der Waals surface area contributed by atoms with Gasteiger partial charge in [-0.2, -0.15) is 0 Å². The maximum Gasteiger partial charge on any atom is 0.217 e. The highest BCUT2D eigenvalue weighted by atomic mass is 32.1. The van der Waals surface area contributed by atoms with Crippen molar-refractivity contribution < 1.29 is 39.1 Å². The smallest absolute Gasteiger partial charge is 0.217 e. The first kappa shape index (κ1) is 44.7. The summed E-state index contributed by atoms with van der Waals surface area (Å²) in [6.45, 7) is 12.0. The molecule has 1 aliphatic heterocycles. The molecular weight excluding hydrogens is 644 g/mol. The van der Waals surface area contributed by atoms with E-state index in [4.69, 9.17) is 48.4 Å². The van der Waals surface area contributed by atoms with Crippen molar-refractivity contribution in [2.45, 2.75) is 76.1 Å². The quantitative estimate of drug-likeness (QED) is 0.0272. The van der Waals surface area contributed by atoms with Crippen LogP contribution in [0, 0.1) is 0 Å². The standard InChI is InChI=1S/C31H66N8O8S/c1-25(41)37-27-29(43)28(42)26(24-40)47-30(27)46-23-22-45-21-20-44-19-12-36-31(48)35-11-7-18-39(17-6-10-34)14-3-2-13-38(15-4-8-32)16-5-9-33/h26-30,40,42-43H,2-24,32-34H2,1H3,(H,37,41)(H2,35,36,48). The van der Waals surface area contributed by atoms with Gasteiger partial charge in [-0.1, -0.05) is 0 Å².